The highest BCUT2D eigenvalue weighted by atomic mass is 16.5. The van der Waals surface area contributed by atoms with Gasteiger partial charge in [-0.15, -0.1) is 0 Å². The van der Waals surface area contributed by atoms with Crippen LogP contribution in [0, 0.1) is 0 Å². The van der Waals surface area contributed by atoms with E-state index < -0.39 is 0 Å². The number of anilines is 1. The molecule has 120 valence electrons. The second kappa shape index (κ2) is 7.96. The van der Waals surface area contributed by atoms with Crippen LogP contribution in [-0.2, 0) is 0 Å². The summed E-state index contributed by atoms with van der Waals surface area (Å²) >= 11 is 0. The first-order valence-corrected chi connectivity index (χ1v) is 7.76. The molecule has 5 nitrogen and oxygen atoms in total. The number of ether oxygens (including phenoxy) is 1. The molecule has 2 N–H and O–H groups in total. The Balaban J connectivity index is 2.18. The van der Waals surface area contributed by atoms with Gasteiger partial charge in [0.2, 0.25) is 0 Å². The molecule has 0 amide bonds. The van der Waals surface area contributed by atoms with Gasteiger partial charge in [0.1, 0.15) is 5.75 Å². The molecule has 0 aliphatic rings. The normalized spacial score (nSPS) is 11.1. The van der Waals surface area contributed by atoms with Crippen molar-refractivity contribution in [3.05, 3.63) is 30.5 Å². The molecular weight excluding hydrogens is 276 g/mol. The standard InChI is InChI=1S/C17H26N4O/c1-4-21(10-8-18)12-11-20(2)17-7-9-19-16-6-5-14(22-3)13-15(16)17/h5-7,9,13H,4,8,10-12,18H2,1-3H3. The Hall–Kier alpha value is -1.85. The predicted octanol–water partition coefficient (Wildman–Crippen LogP) is 1.96. The molecule has 0 unspecified atom stereocenters. The minimum absolute atomic E-state index is 0.701. The van der Waals surface area contributed by atoms with Gasteiger partial charge in [0.25, 0.3) is 0 Å². The van der Waals surface area contributed by atoms with E-state index in [0.717, 1.165) is 42.8 Å². The maximum atomic E-state index is 5.65. The Kier molecular flexibility index (Phi) is 5.98. The SMILES string of the molecule is CCN(CCN)CCN(C)c1ccnc2ccc(OC)cc12. The van der Waals surface area contributed by atoms with Gasteiger partial charge in [0, 0.05) is 50.5 Å². The first-order chi connectivity index (χ1) is 10.7. The molecule has 1 heterocycles. The maximum Gasteiger partial charge on any atom is 0.119 e. The zero-order valence-corrected chi connectivity index (χ0v) is 13.7. The van der Waals surface area contributed by atoms with Crippen molar-refractivity contribution in [2.75, 3.05) is 51.8 Å². The van der Waals surface area contributed by atoms with E-state index in [9.17, 15) is 0 Å². The van der Waals surface area contributed by atoms with Gasteiger partial charge in [-0.05, 0) is 30.8 Å². The number of nitrogens with zero attached hydrogens (tertiary/aromatic N) is 3. The number of pyridine rings is 1. The largest absolute Gasteiger partial charge is 0.497 e. The van der Waals surface area contributed by atoms with Crippen LogP contribution in [0.4, 0.5) is 5.69 Å². The number of hydrogen-bond acceptors (Lipinski definition) is 5. The van der Waals surface area contributed by atoms with E-state index in [2.05, 4.69) is 34.8 Å². The van der Waals surface area contributed by atoms with Crippen LogP contribution in [0.15, 0.2) is 30.5 Å². The fourth-order valence-corrected chi connectivity index (χ4v) is 2.59. The van der Waals surface area contributed by atoms with Gasteiger partial charge >= 0.3 is 0 Å². The molecule has 0 bridgehead atoms. The Bertz CT molecular complexity index is 602. The van der Waals surface area contributed by atoms with Gasteiger partial charge in [-0.2, -0.15) is 0 Å². The number of benzene rings is 1. The van der Waals surface area contributed by atoms with Crippen molar-refractivity contribution in [1.29, 1.82) is 0 Å². The van der Waals surface area contributed by atoms with Crippen LogP contribution in [0.1, 0.15) is 6.92 Å². The quantitative estimate of drug-likeness (QED) is 0.808. The molecule has 2 rings (SSSR count). The Labute approximate surface area is 132 Å². The van der Waals surface area contributed by atoms with Crippen LogP contribution in [0.3, 0.4) is 0 Å². The second-order valence-electron chi connectivity index (χ2n) is 5.36. The molecule has 0 aliphatic carbocycles. The van der Waals surface area contributed by atoms with E-state index in [1.807, 2.05) is 24.4 Å². The molecule has 1 aromatic heterocycles. The van der Waals surface area contributed by atoms with Crippen molar-refractivity contribution in [2.24, 2.45) is 5.73 Å². The smallest absolute Gasteiger partial charge is 0.119 e. The number of aromatic nitrogens is 1. The second-order valence-corrected chi connectivity index (χ2v) is 5.36. The highest BCUT2D eigenvalue weighted by molar-refractivity contribution is 5.92. The van der Waals surface area contributed by atoms with E-state index in [4.69, 9.17) is 10.5 Å². The fourth-order valence-electron chi connectivity index (χ4n) is 2.59. The van der Waals surface area contributed by atoms with Gasteiger partial charge in [0.05, 0.1) is 12.6 Å². The minimum Gasteiger partial charge on any atom is -0.497 e. The molecule has 5 heteroatoms. The van der Waals surface area contributed by atoms with Crippen LogP contribution in [-0.4, -0.2) is 56.8 Å². The third-order valence-electron chi connectivity index (χ3n) is 3.98. The summed E-state index contributed by atoms with van der Waals surface area (Å²) in [4.78, 5) is 9.06. The molecule has 0 aliphatic heterocycles. The number of hydrogen-bond donors (Lipinski definition) is 1. The topological polar surface area (TPSA) is 54.6 Å². The molecule has 0 fully saturated rings. The molecule has 22 heavy (non-hydrogen) atoms. The summed E-state index contributed by atoms with van der Waals surface area (Å²) in [6.45, 7) is 6.78. The van der Waals surface area contributed by atoms with Crippen molar-refractivity contribution in [2.45, 2.75) is 6.92 Å². The van der Waals surface area contributed by atoms with Crippen LogP contribution < -0.4 is 15.4 Å². The van der Waals surface area contributed by atoms with E-state index in [-0.39, 0.29) is 0 Å². The zero-order chi connectivity index (χ0) is 15.9. The van der Waals surface area contributed by atoms with Crippen LogP contribution in [0.5, 0.6) is 5.75 Å². The first kappa shape index (κ1) is 16.5. The van der Waals surface area contributed by atoms with E-state index >= 15 is 0 Å². The van der Waals surface area contributed by atoms with E-state index in [1.54, 1.807) is 7.11 Å². The lowest BCUT2D eigenvalue weighted by Gasteiger charge is -2.26. The average molecular weight is 302 g/mol. The number of methoxy groups -OCH3 is 1. The Morgan fingerprint density at radius 2 is 2.00 bits per heavy atom. The highest BCUT2D eigenvalue weighted by Gasteiger charge is 2.09. The third-order valence-corrected chi connectivity index (χ3v) is 3.98. The van der Waals surface area contributed by atoms with Crippen molar-refractivity contribution < 1.29 is 4.74 Å². The molecule has 0 saturated heterocycles. The summed E-state index contributed by atoms with van der Waals surface area (Å²) in [5, 5.41) is 1.12. The summed E-state index contributed by atoms with van der Waals surface area (Å²) in [5.74, 6) is 0.855. The zero-order valence-electron chi connectivity index (χ0n) is 13.7. The lowest BCUT2D eigenvalue weighted by atomic mass is 10.1. The summed E-state index contributed by atoms with van der Waals surface area (Å²) in [5.41, 5.74) is 7.81. The summed E-state index contributed by atoms with van der Waals surface area (Å²) in [6, 6.07) is 8.05. The number of nitrogens with two attached hydrogens (primary N) is 1. The van der Waals surface area contributed by atoms with E-state index in [0.29, 0.717) is 6.54 Å². The molecule has 0 saturated carbocycles. The third kappa shape index (κ3) is 3.87. The van der Waals surface area contributed by atoms with Crippen molar-refractivity contribution >= 4 is 16.6 Å². The fraction of sp³-hybridized carbons (Fsp3) is 0.471. The molecule has 1 aromatic carbocycles. The van der Waals surface area contributed by atoms with Crippen molar-refractivity contribution in [3.8, 4) is 5.75 Å². The van der Waals surface area contributed by atoms with Gasteiger partial charge in [-0.25, -0.2) is 0 Å². The molecule has 2 aromatic rings. The van der Waals surface area contributed by atoms with Crippen LogP contribution in [0.25, 0.3) is 10.9 Å². The number of likely N-dealkylation sites (N-methyl/N-ethyl adjacent to an activating group) is 2. The van der Waals surface area contributed by atoms with Crippen LogP contribution >= 0.6 is 0 Å². The Morgan fingerprint density at radius 3 is 2.68 bits per heavy atom. The van der Waals surface area contributed by atoms with Gasteiger partial charge in [0.15, 0.2) is 0 Å². The average Bonchev–Trinajstić information content (AvgIpc) is 2.57. The molecule has 0 atom stereocenters. The predicted molar refractivity (Wildman–Crippen MR) is 92.7 cm³/mol. The van der Waals surface area contributed by atoms with Gasteiger partial charge in [-0.3, -0.25) is 4.98 Å². The number of rotatable bonds is 8. The lowest BCUT2D eigenvalue weighted by molar-refractivity contribution is 0.303. The summed E-state index contributed by atoms with van der Waals surface area (Å²) in [7, 11) is 3.80. The van der Waals surface area contributed by atoms with Crippen molar-refractivity contribution in [3.63, 3.8) is 0 Å². The van der Waals surface area contributed by atoms with Crippen LogP contribution in [0.2, 0.25) is 0 Å². The molecule has 0 radical (unpaired) electrons. The monoisotopic (exact) mass is 302 g/mol. The lowest BCUT2D eigenvalue weighted by Crippen LogP contribution is -2.36. The minimum atomic E-state index is 0.701. The first-order valence-electron chi connectivity index (χ1n) is 7.76. The maximum absolute atomic E-state index is 5.65. The van der Waals surface area contributed by atoms with Gasteiger partial charge < -0.3 is 20.3 Å². The Morgan fingerprint density at radius 1 is 1.18 bits per heavy atom. The van der Waals surface area contributed by atoms with E-state index in [1.165, 1.54) is 5.69 Å². The van der Waals surface area contributed by atoms with Gasteiger partial charge in [-0.1, -0.05) is 6.92 Å². The van der Waals surface area contributed by atoms with Crippen molar-refractivity contribution in [1.82, 2.24) is 9.88 Å². The summed E-state index contributed by atoms with van der Waals surface area (Å²) in [6.07, 6.45) is 1.86. The number of fused-ring (bicyclic) bond motifs is 1. The summed E-state index contributed by atoms with van der Waals surface area (Å²) < 4.78 is 5.34. The molecular formula is C17H26N4O. The highest BCUT2D eigenvalue weighted by Crippen LogP contribution is 2.27. The molecule has 0 spiro atoms.